The highest BCUT2D eigenvalue weighted by Gasteiger charge is 2.49. The van der Waals surface area contributed by atoms with E-state index >= 15 is 0 Å². The van der Waals surface area contributed by atoms with Crippen LogP contribution >= 0.6 is 0 Å². The van der Waals surface area contributed by atoms with Crippen LogP contribution in [0.1, 0.15) is 35.6 Å². The van der Waals surface area contributed by atoms with Crippen molar-refractivity contribution in [2.75, 3.05) is 20.8 Å². The van der Waals surface area contributed by atoms with Crippen molar-refractivity contribution in [3.8, 4) is 11.5 Å². The highest BCUT2D eigenvalue weighted by molar-refractivity contribution is 5.55. The molecule has 2 heterocycles. The summed E-state index contributed by atoms with van der Waals surface area (Å²) in [4.78, 5) is 4.27. The molecule has 1 aliphatic carbocycles. The molecule has 0 saturated heterocycles. The van der Waals surface area contributed by atoms with E-state index in [2.05, 4.69) is 28.5 Å². The van der Waals surface area contributed by atoms with Crippen LogP contribution in [0.2, 0.25) is 0 Å². The van der Waals surface area contributed by atoms with Crippen molar-refractivity contribution in [2.24, 2.45) is 0 Å². The minimum absolute atomic E-state index is 0.162. The number of methoxy groups -OCH3 is 2. The topological polar surface area (TPSA) is 43.4 Å². The molecular weight excluding hydrogens is 276 g/mol. The lowest BCUT2D eigenvalue weighted by Crippen LogP contribution is -2.38. The van der Waals surface area contributed by atoms with Gasteiger partial charge in [-0.1, -0.05) is 6.07 Å². The van der Waals surface area contributed by atoms with Crippen LogP contribution in [0.25, 0.3) is 0 Å². The first kappa shape index (κ1) is 13.6. The van der Waals surface area contributed by atoms with Gasteiger partial charge in [0.05, 0.1) is 20.3 Å². The number of hydrogen-bond acceptors (Lipinski definition) is 4. The number of ether oxygens (including phenoxy) is 2. The summed E-state index contributed by atoms with van der Waals surface area (Å²) in [5.74, 6) is 1.61. The van der Waals surface area contributed by atoms with Gasteiger partial charge in [0.25, 0.3) is 0 Å². The third-order valence-electron chi connectivity index (χ3n) is 4.95. The Labute approximate surface area is 130 Å². The third kappa shape index (κ3) is 1.98. The van der Waals surface area contributed by atoms with Gasteiger partial charge >= 0.3 is 0 Å². The Balaban J connectivity index is 1.87. The molecule has 0 amide bonds. The van der Waals surface area contributed by atoms with Gasteiger partial charge in [0.15, 0.2) is 11.5 Å². The molecule has 1 N–H and O–H groups in total. The van der Waals surface area contributed by atoms with Gasteiger partial charge in [-0.3, -0.25) is 4.98 Å². The maximum absolute atomic E-state index is 5.51. The fraction of sp³-hybridized carbons (Fsp3) is 0.389. The Hall–Kier alpha value is -2.07. The van der Waals surface area contributed by atoms with Gasteiger partial charge in [-0.15, -0.1) is 0 Å². The molecule has 1 aliphatic heterocycles. The molecule has 0 bridgehead atoms. The number of aromatic nitrogens is 1. The molecular formula is C18H20N2O2. The summed E-state index contributed by atoms with van der Waals surface area (Å²) in [6.07, 6.45) is 6.22. The first-order valence-electron chi connectivity index (χ1n) is 7.67. The summed E-state index contributed by atoms with van der Waals surface area (Å²) in [5.41, 5.74) is 4.16. The minimum Gasteiger partial charge on any atom is -0.493 e. The second-order valence-electron chi connectivity index (χ2n) is 6.18. The Morgan fingerprint density at radius 3 is 2.59 bits per heavy atom. The normalized spacial score (nSPS) is 21.3. The van der Waals surface area contributed by atoms with Crippen molar-refractivity contribution in [1.29, 1.82) is 0 Å². The molecule has 0 radical (unpaired) electrons. The van der Waals surface area contributed by atoms with Crippen LogP contribution in [-0.2, 0) is 5.41 Å². The van der Waals surface area contributed by atoms with E-state index in [1.807, 2.05) is 18.5 Å². The number of hydrogen-bond donors (Lipinski definition) is 1. The lowest BCUT2D eigenvalue weighted by atomic mass is 9.82. The SMILES string of the molecule is COc1cc2c(cc1OC)C1(CC1)CNC2c1cccnc1. The number of nitrogens with one attached hydrogen (secondary N) is 1. The zero-order valence-corrected chi connectivity index (χ0v) is 12.9. The first-order valence-corrected chi connectivity index (χ1v) is 7.67. The van der Waals surface area contributed by atoms with E-state index in [1.54, 1.807) is 14.2 Å². The largest absolute Gasteiger partial charge is 0.493 e. The van der Waals surface area contributed by atoms with Crippen molar-refractivity contribution < 1.29 is 9.47 Å². The molecule has 2 aliphatic rings. The van der Waals surface area contributed by atoms with E-state index in [0.29, 0.717) is 0 Å². The van der Waals surface area contributed by atoms with E-state index in [9.17, 15) is 0 Å². The van der Waals surface area contributed by atoms with E-state index < -0.39 is 0 Å². The van der Waals surface area contributed by atoms with E-state index in [4.69, 9.17) is 9.47 Å². The first-order chi connectivity index (χ1) is 10.8. The molecule has 4 heteroatoms. The van der Waals surface area contributed by atoms with Crippen LogP contribution in [0.15, 0.2) is 36.7 Å². The maximum atomic E-state index is 5.51. The fourth-order valence-electron chi connectivity index (χ4n) is 3.54. The minimum atomic E-state index is 0.162. The van der Waals surface area contributed by atoms with Crippen LogP contribution < -0.4 is 14.8 Å². The zero-order valence-electron chi connectivity index (χ0n) is 12.9. The molecule has 1 aromatic heterocycles. The summed E-state index contributed by atoms with van der Waals surface area (Å²) >= 11 is 0. The predicted molar refractivity (Wildman–Crippen MR) is 84.5 cm³/mol. The third-order valence-corrected chi connectivity index (χ3v) is 4.95. The molecule has 22 heavy (non-hydrogen) atoms. The lowest BCUT2D eigenvalue weighted by molar-refractivity contribution is 0.351. The molecule has 1 fully saturated rings. The van der Waals surface area contributed by atoms with Crippen molar-refractivity contribution >= 4 is 0 Å². The number of benzene rings is 1. The van der Waals surface area contributed by atoms with Crippen molar-refractivity contribution in [3.63, 3.8) is 0 Å². The Morgan fingerprint density at radius 1 is 1.18 bits per heavy atom. The van der Waals surface area contributed by atoms with Gasteiger partial charge < -0.3 is 14.8 Å². The smallest absolute Gasteiger partial charge is 0.161 e. The van der Waals surface area contributed by atoms with Gasteiger partial charge in [-0.2, -0.15) is 0 Å². The van der Waals surface area contributed by atoms with E-state index in [0.717, 1.165) is 18.0 Å². The van der Waals surface area contributed by atoms with Gasteiger partial charge in [-0.25, -0.2) is 0 Å². The number of rotatable bonds is 3. The summed E-state index contributed by atoms with van der Waals surface area (Å²) in [6.45, 7) is 1.01. The second-order valence-corrected chi connectivity index (χ2v) is 6.18. The van der Waals surface area contributed by atoms with Crippen LogP contribution in [0.5, 0.6) is 11.5 Å². The summed E-state index contributed by atoms with van der Waals surface area (Å²) < 4.78 is 11.0. The molecule has 114 valence electrons. The molecule has 1 unspecified atom stereocenters. The maximum Gasteiger partial charge on any atom is 0.161 e. The summed E-state index contributed by atoms with van der Waals surface area (Å²) in [7, 11) is 3.38. The van der Waals surface area contributed by atoms with E-state index in [1.165, 1.54) is 29.5 Å². The van der Waals surface area contributed by atoms with Crippen LogP contribution in [-0.4, -0.2) is 25.7 Å². The molecule has 1 spiro atoms. The Bertz CT molecular complexity index is 696. The van der Waals surface area contributed by atoms with Crippen molar-refractivity contribution in [1.82, 2.24) is 10.3 Å². The summed E-state index contributed by atoms with van der Waals surface area (Å²) in [5, 5.41) is 3.70. The predicted octanol–water partition coefficient (Wildman–Crippen LogP) is 2.82. The highest BCUT2D eigenvalue weighted by atomic mass is 16.5. The van der Waals surface area contributed by atoms with Crippen LogP contribution in [0.4, 0.5) is 0 Å². The monoisotopic (exact) mass is 296 g/mol. The Kier molecular flexibility index (Phi) is 3.08. The number of nitrogens with zero attached hydrogens (tertiary/aromatic N) is 1. The van der Waals surface area contributed by atoms with Gasteiger partial charge in [0, 0.05) is 24.4 Å². The average molecular weight is 296 g/mol. The standard InChI is InChI=1S/C18H20N2O2/c1-21-15-8-13-14(9-16(15)22-2)18(5-6-18)11-20-17(13)12-4-3-7-19-10-12/h3-4,7-10,17,20H,5-6,11H2,1-2H3. The van der Waals surface area contributed by atoms with Gasteiger partial charge in [0.1, 0.15) is 0 Å². The fourth-order valence-corrected chi connectivity index (χ4v) is 3.54. The molecule has 1 aromatic carbocycles. The Morgan fingerprint density at radius 2 is 1.95 bits per heavy atom. The second kappa shape index (κ2) is 4.99. The average Bonchev–Trinajstić information content (AvgIpc) is 3.35. The van der Waals surface area contributed by atoms with Gasteiger partial charge in [-0.05, 0) is 47.7 Å². The number of fused-ring (bicyclic) bond motifs is 2. The quantitative estimate of drug-likeness (QED) is 0.946. The molecule has 1 atom stereocenters. The molecule has 2 aromatic rings. The summed E-state index contributed by atoms with van der Waals surface area (Å²) in [6, 6.07) is 8.56. The lowest BCUT2D eigenvalue weighted by Gasteiger charge is -2.34. The molecule has 4 nitrogen and oxygen atoms in total. The number of pyridine rings is 1. The van der Waals surface area contributed by atoms with Crippen molar-refractivity contribution in [3.05, 3.63) is 53.3 Å². The van der Waals surface area contributed by atoms with Crippen LogP contribution in [0.3, 0.4) is 0 Å². The molecule has 4 rings (SSSR count). The van der Waals surface area contributed by atoms with Crippen LogP contribution in [0, 0.1) is 0 Å². The molecule has 1 saturated carbocycles. The van der Waals surface area contributed by atoms with E-state index in [-0.39, 0.29) is 11.5 Å². The highest BCUT2D eigenvalue weighted by Crippen LogP contribution is 2.54. The van der Waals surface area contributed by atoms with Gasteiger partial charge in [0.2, 0.25) is 0 Å². The van der Waals surface area contributed by atoms with Crippen molar-refractivity contribution in [2.45, 2.75) is 24.3 Å². The zero-order chi connectivity index (χ0) is 15.2.